The summed E-state index contributed by atoms with van der Waals surface area (Å²) in [4.78, 5) is 20.3. The molecule has 32 heavy (non-hydrogen) atoms. The van der Waals surface area contributed by atoms with E-state index in [1.165, 1.54) is 6.42 Å². The predicted molar refractivity (Wildman–Crippen MR) is 126 cm³/mol. The highest BCUT2D eigenvalue weighted by Crippen LogP contribution is 2.64. The van der Waals surface area contributed by atoms with Crippen LogP contribution in [0.2, 0.25) is 5.28 Å². The number of carbonyl (C=O) groups is 1. The molecule has 4 fully saturated rings. The highest BCUT2D eigenvalue weighted by Gasteiger charge is 2.61. The van der Waals surface area contributed by atoms with Crippen LogP contribution in [0.4, 0.5) is 5.69 Å². The first-order chi connectivity index (χ1) is 15.5. The van der Waals surface area contributed by atoms with Crippen molar-refractivity contribution >= 4 is 35.0 Å². The second-order valence-corrected chi connectivity index (χ2v) is 11.2. The predicted octanol–water partition coefficient (Wildman–Crippen LogP) is 6.02. The molecule has 0 spiro atoms. The first-order valence-corrected chi connectivity index (χ1v) is 12.4. The Morgan fingerprint density at radius 2 is 1.75 bits per heavy atom. The van der Waals surface area contributed by atoms with E-state index in [1.807, 2.05) is 41.1 Å². The fraction of sp³-hybridized carbons (Fsp3) is 0.400. The molecular weight excluding hydrogens is 440 g/mol. The maximum absolute atomic E-state index is 13.9. The number of hydrogen-bond donors (Lipinski definition) is 1. The van der Waals surface area contributed by atoms with Crippen LogP contribution in [0, 0.1) is 17.3 Å². The zero-order valence-electron chi connectivity index (χ0n) is 17.7. The summed E-state index contributed by atoms with van der Waals surface area (Å²) in [6, 6.07) is 18.4. The summed E-state index contributed by atoms with van der Waals surface area (Å²) < 4.78 is 1.97. The maximum Gasteiger partial charge on any atom is 0.242 e. The van der Waals surface area contributed by atoms with Crippen molar-refractivity contribution in [3.8, 4) is 0 Å². The van der Waals surface area contributed by atoms with Gasteiger partial charge in [-0.15, -0.1) is 5.10 Å². The number of hydrogen-bond acceptors (Lipinski definition) is 4. The van der Waals surface area contributed by atoms with Crippen LogP contribution < -0.4 is 5.32 Å². The Morgan fingerprint density at radius 3 is 2.47 bits per heavy atom. The van der Waals surface area contributed by atoms with Crippen LogP contribution in [0.3, 0.4) is 0 Å². The number of nitrogens with zero attached hydrogens (tertiary/aromatic N) is 3. The van der Waals surface area contributed by atoms with Crippen LogP contribution >= 0.6 is 23.4 Å². The van der Waals surface area contributed by atoms with Crippen LogP contribution in [0.1, 0.15) is 38.5 Å². The van der Waals surface area contributed by atoms with E-state index in [-0.39, 0.29) is 22.1 Å². The average Bonchev–Trinajstić information content (AvgIpc) is 3.22. The van der Waals surface area contributed by atoms with Gasteiger partial charge in [-0.1, -0.05) is 42.1 Å². The average molecular weight is 465 g/mol. The molecule has 1 aromatic heterocycles. The largest absolute Gasteiger partial charge is 0.325 e. The molecular formula is C25H25ClN4OS. The smallest absolute Gasteiger partial charge is 0.242 e. The molecule has 3 aromatic rings. The fourth-order valence-corrected chi connectivity index (χ4v) is 7.80. The molecule has 1 amide bonds. The van der Waals surface area contributed by atoms with Crippen molar-refractivity contribution in [2.45, 2.75) is 53.9 Å². The van der Waals surface area contributed by atoms with E-state index in [4.69, 9.17) is 11.6 Å². The van der Waals surface area contributed by atoms with Crippen molar-refractivity contribution < 1.29 is 4.79 Å². The summed E-state index contributed by atoms with van der Waals surface area (Å²) in [7, 11) is 0. The van der Waals surface area contributed by atoms with Gasteiger partial charge in [0.25, 0.3) is 0 Å². The van der Waals surface area contributed by atoms with Gasteiger partial charge in [-0.05, 0) is 86.2 Å². The molecule has 2 aromatic carbocycles. The normalized spacial score (nSPS) is 30.4. The van der Waals surface area contributed by atoms with Crippen molar-refractivity contribution in [2.24, 2.45) is 17.3 Å². The summed E-state index contributed by atoms with van der Waals surface area (Å²) in [5, 5.41) is 8.09. The monoisotopic (exact) mass is 464 g/mol. The Kier molecular flexibility index (Phi) is 4.84. The second-order valence-electron chi connectivity index (χ2n) is 9.79. The molecule has 1 heterocycles. The summed E-state index contributed by atoms with van der Waals surface area (Å²) in [5.74, 6) is 1.26. The Bertz CT molecular complexity index is 1150. The number of rotatable bonds is 5. The Balaban J connectivity index is 1.29. The number of carbonyl (C=O) groups excluding carboxylic acids is 1. The minimum absolute atomic E-state index is 0.139. The highest BCUT2D eigenvalue weighted by atomic mass is 35.5. The third-order valence-electron chi connectivity index (χ3n) is 7.57. The van der Waals surface area contributed by atoms with Gasteiger partial charge in [0.1, 0.15) is 6.33 Å². The number of halogens is 1. The number of benzene rings is 2. The number of anilines is 1. The Morgan fingerprint density at radius 1 is 1.03 bits per heavy atom. The van der Waals surface area contributed by atoms with Crippen LogP contribution in [-0.2, 0) is 10.3 Å². The van der Waals surface area contributed by atoms with E-state index in [0.717, 1.165) is 47.6 Å². The van der Waals surface area contributed by atoms with Gasteiger partial charge in [0.05, 0.1) is 16.6 Å². The molecule has 1 N–H and O–H groups in total. The quantitative estimate of drug-likeness (QED) is 0.501. The van der Waals surface area contributed by atoms with Gasteiger partial charge in [0.15, 0.2) is 0 Å². The zero-order valence-corrected chi connectivity index (χ0v) is 19.3. The van der Waals surface area contributed by atoms with Crippen LogP contribution in [-0.4, -0.2) is 20.7 Å². The fourth-order valence-electron chi connectivity index (χ4n) is 6.75. The van der Waals surface area contributed by atoms with Crippen molar-refractivity contribution in [3.63, 3.8) is 0 Å². The first kappa shape index (κ1) is 20.3. The van der Waals surface area contributed by atoms with Crippen LogP contribution in [0.25, 0.3) is 0 Å². The topological polar surface area (TPSA) is 59.8 Å². The molecule has 4 aliphatic carbocycles. The van der Waals surface area contributed by atoms with E-state index in [9.17, 15) is 4.79 Å². The second kappa shape index (κ2) is 7.63. The Labute approximate surface area is 197 Å². The molecule has 5 nitrogen and oxygen atoms in total. The van der Waals surface area contributed by atoms with Gasteiger partial charge < -0.3 is 5.32 Å². The van der Waals surface area contributed by atoms with Crippen LogP contribution in [0.15, 0.2) is 70.7 Å². The molecule has 4 bridgehead atoms. The van der Waals surface area contributed by atoms with Gasteiger partial charge in [-0.2, -0.15) is 0 Å². The van der Waals surface area contributed by atoms with Crippen molar-refractivity contribution in [1.29, 1.82) is 0 Å². The van der Waals surface area contributed by atoms with Gasteiger partial charge in [0, 0.05) is 9.79 Å². The van der Waals surface area contributed by atoms with Gasteiger partial charge in [-0.25, -0.2) is 9.67 Å². The molecule has 0 saturated heterocycles. The Hall–Kier alpha value is -2.31. The lowest BCUT2D eigenvalue weighted by Gasteiger charge is -2.60. The third-order valence-corrected chi connectivity index (χ3v) is 8.83. The zero-order chi connectivity index (χ0) is 21.8. The molecule has 4 saturated carbocycles. The highest BCUT2D eigenvalue weighted by molar-refractivity contribution is 7.99. The minimum Gasteiger partial charge on any atom is -0.325 e. The van der Waals surface area contributed by atoms with Gasteiger partial charge in [-0.3, -0.25) is 4.79 Å². The van der Waals surface area contributed by atoms with E-state index in [1.54, 1.807) is 18.1 Å². The van der Waals surface area contributed by atoms with Crippen LogP contribution in [0.5, 0.6) is 0 Å². The standard InChI is InChI=1S/C25H25ClN4OS/c26-23-27-16-30(29-23)25-13-17-10-18(14-25)12-24(11-17,15-25)22(31)28-20-8-4-5-9-21(20)32-19-6-2-1-3-7-19/h1-9,16-18H,10-15H2,(H,28,31). The summed E-state index contributed by atoms with van der Waals surface area (Å²) in [5.41, 5.74) is 0.396. The van der Waals surface area contributed by atoms with Crippen molar-refractivity contribution in [1.82, 2.24) is 14.8 Å². The molecule has 164 valence electrons. The molecule has 7 heteroatoms. The maximum atomic E-state index is 13.9. The number of aromatic nitrogens is 3. The summed E-state index contributed by atoms with van der Waals surface area (Å²) >= 11 is 7.74. The summed E-state index contributed by atoms with van der Waals surface area (Å²) in [6.45, 7) is 0. The lowest BCUT2D eigenvalue weighted by Crippen LogP contribution is -2.60. The molecule has 2 atom stereocenters. The number of para-hydroxylation sites is 1. The third kappa shape index (κ3) is 3.44. The summed E-state index contributed by atoms with van der Waals surface area (Å²) in [6.07, 6.45) is 7.86. The van der Waals surface area contributed by atoms with E-state index < -0.39 is 0 Å². The lowest BCUT2D eigenvalue weighted by atomic mass is 9.46. The van der Waals surface area contributed by atoms with E-state index >= 15 is 0 Å². The number of amides is 1. The first-order valence-electron chi connectivity index (χ1n) is 11.2. The molecule has 2 unspecified atom stereocenters. The minimum atomic E-state index is -0.354. The van der Waals surface area contributed by atoms with Crippen molar-refractivity contribution in [3.05, 3.63) is 66.2 Å². The number of nitrogens with one attached hydrogen (secondary N) is 1. The van der Waals surface area contributed by atoms with E-state index in [2.05, 4.69) is 33.6 Å². The van der Waals surface area contributed by atoms with E-state index in [0.29, 0.717) is 11.8 Å². The van der Waals surface area contributed by atoms with Crippen molar-refractivity contribution in [2.75, 3.05) is 5.32 Å². The molecule has 0 aliphatic heterocycles. The lowest BCUT2D eigenvalue weighted by molar-refractivity contribution is -0.150. The van der Waals surface area contributed by atoms with Gasteiger partial charge >= 0.3 is 0 Å². The molecule has 0 radical (unpaired) electrons. The van der Waals surface area contributed by atoms with Gasteiger partial charge in [0.2, 0.25) is 11.2 Å². The molecule has 7 rings (SSSR count). The SMILES string of the molecule is O=C(Nc1ccccc1Sc1ccccc1)C12CC3CC(C1)CC(n1cnc(Cl)n1)(C3)C2. The molecule has 4 aliphatic rings.